The van der Waals surface area contributed by atoms with Gasteiger partial charge in [-0.1, -0.05) is 12.1 Å². The Morgan fingerprint density at radius 1 is 0.571 bits per heavy atom. The van der Waals surface area contributed by atoms with Gasteiger partial charge in [-0.05, 0) is 6.07 Å². The maximum Gasteiger partial charge on any atom is 0.162 e. The number of H-pyrrole nitrogens is 2. The molecule has 2 aromatic heterocycles. The molecule has 0 radical (unpaired) electrons. The Morgan fingerprint density at radius 2 is 1.21 bits per heavy atom. The first kappa shape index (κ1) is 16.6. The van der Waals surface area contributed by atoms with E-state index in [4.69, 9.17) is 18.9 Å². The number of ether oxygens (including phenoxy) is 4. The number of rotatable bonds is 4. The Kier molecular flexibility index (Phi) is 3.55. The Labute approximate surface area is 160 Å². The molecule has 5 rings (SSSR count). The Balaban J connectivity index is 1.91. The quantitative estimate of drug-likeness (QED) is 0.464. The van der Waals surface area contributed by atoms with Gasteiger partial charge in [0.1, 0.15) is 11.5 Å². The van der Waals surface area contributed by atoms with Crippen LogP contribution in [-0.2, 0) is 0 Å². The van der Waals surface area contributed by atoms with Crippen molar-refractivity contribution in [3.8, 4) is 23.0 Å². The molecular weight excluding hydrogens is 356 g/mol. The van der Waals surface area contributed by atoms with E-state index in [1.54, 1.807) is 28.4 Å². The van der Waals surface area contributed by atoms with Crippen LogP contribution >= 0.6 is 0 Å². The van der Waals surface area contributed by atoms with Crippen molar-refractivity contribution in [2.75, 3.05) is 28.4 Å². The van der Waals surface area contributed by atoms with Gasteiger partial charge in [-0.2, -0.15) is 0 Å². The number of aromatic amines is 2. The van der Waals surface area contributed by atoms with Gasteiger partial charge in [-0.3, -0.25) is 0 Å². The predicted octanol–water partition coefficient (Wildman–Crippen LogP) is 4.99. The summed E-state index contributed by atoms with van der Waals surface area (Å²) in [7, 11) is 6.61. The van der Waals surface area contributed by atoms with Crippen molar-refractivity contribution in [3.05, 3.63) is 36.4 Å². The van der Waals surface area contributed by atoms with Gasteiger partial charge in [0.25, 0.3) is 0 Å². The molecule has 0 aliphatic heterocycles. The highest BCUT2D eigenvalue weighted by Crippen LogP contribution is 2.42. The number of fused-ring (bicyclic) bond motifs is 7. The summed E-state index contributed by atoms with van der Waals surface area (Å²) in [6, 6.07) is 12.1. The van der Waals surface area contributed by atoms with Crippen LogP contribution in [0.2, 0.25) is 0 Å². The Hall–Kier alpha value is -3.54. The molecule has 2 heterocycles. The smallest absolute Gasteiger partial charge is 0.162 e. The van der Waals surface area contributed by atoms with Crippen LogP contribution in [0.3, 0.4) is 0 Å². The third kappa shape index (κ3) is 2.14. The number of methoxy groups -OCH3 is 4. The van der Waals surface area contributed by atoms with Crippen molar-refractivity contribution in [2.45, 2.75) is 0 Å². The van der Waals surface area contributed by atoms with Crippen molar-refractivity contribution in [1.29, 1.82) is 0 Å². The lowest BCUT2D eigenvalue weighted by atomic mass is 10.1. The molecule has 0 aliphatic carbocycles. The molecule has 6 nitrogen and oxygen atoms in total. The van der Waals surface area contributed by atoms with Crippen LogP contribution < -0.4 is 18.9 Å². The van der Waals surface area contributed by atoms with Crippen molar-refractivity contribution >= 4 is 43.6 Å². The van der Waals surface area contributed by atoms with Crippen molar-refractivity contribution in [2.24, 2.45) is 0 Å². The lowest BCUT2D eigenvalue weighted by molar-refractivity contribution is 0.356. The van der Waals surface area contributed by atoms with Crippen LogP contribution in [0.5, 0.6) is 23.0 Å². The summed E-state index contributed by atoms with van der Waals surface area (Å²) in [5.74, 6) is 2.93. The minimum absolute atomic E-state index is 0.695. The number of hydrogen-bond donors (Lipinski definition) is 2. The fourth-order valence-electron chi connectivity index (χ4n) is 4.02. The molecule has 0 atom stereocenters. The van der Waals surface area contributed by atoms with Gasteiger partial charge in [-0.15, -0.1) is 0 Å². The molecule has 6 heteroatoms. The molecule has 0 amide bonds. The van der Waals surface area contributed by atoms with Gasteiger partial charge in [0.2, 0.25) is 0 Å². The zero-order chi connectivity index (χ0) is 19.4. The molecule has 5 aromatic rings. The fraction of sp³-hybridized carbons (Fsp3) is 0.182. The molecule has 142 valence electrons. The molecular formula is C22H20N2O4. The van der Waals surface area contributed by atoms with Crippen LogP contribution in [0.4, 0.5) is 0 Å². The summed E-state index contributed by atoms with van der Waals surface area (Å²) >= 11 is 0. The van der Waals surface area contributed by atoms with E-state index in [0.717, 1.165) is 55.1 Å². The summed E-state index contributed by atoms with van der Waals surface area (Å²) < 4.78 is 22.0. The topological polar surface area (TPSA) is 68.5 Å². The zero-order valence-corrected chi connectivity index (χ0v) is 16.1. The maximum atomic E-state index is 5.62. The summed E-state index contributed by atoms with van der Waals surface area (Å²) in [6.07, 6.45) is 0. The molecule has 28 heavy (non-hydrogen) atoms. The van der Waals surface area contributed by atoms with Gasteiger partial charge in [0.05, 0.1) is 50.5 Å². The van der Waals surface area contributed by atoms with E-state index in [1.807, 2.05) is 24.3 Å². The highest BCUT2D eigenvalue weighted by atomic mass is 16.5. The number of aromatic nitrogens is 2. The van der Waals surface area contributed by atoms with Crippen molar-refractivity contribution < 1.29 is 18.9 Å². The third-order valence-corrected chi connectivity index (χ3v) is 5.34. The average Bonchev–Trinajstić information content (AvgIpc) is 3.29. The predicted molar refractivity (Wildman–Crippen MR) is 111 cm³/mol. The highest BCUT2D eigenvalue weighted by molar-refractivity contribution is 6.23. The average molecular weight is 376 g/mol. The van der Waals surface area contributed by atoms with E-state index in [9.17, 15) is 0 Å². The largest absolute Gasteiger partial charge is 0.497 e. The summed E-state index contributed by atoms with van der Waals surface area (Å²) in [5, 5.41) is 4.32. The lowest BCUT2D eigenvalue weighted by Gasteiger charge is -2.07. The van der Waals surface area contributed by atoms with E-state index in [1.165, 1.54) is 0 Å². The second-order valence-corrected chi connectivity index (χ2v) is 6.67. The third-order valence-electron chi connectivity index (χ3n) is 5.34. The van der Waals surface area contributed by atoms with Gasteiger partial charge in [-0.25, -0.2) is 0 Å². The number of nitrogens with one attached hydrogen (secondary N) is 2. The van der Waals surface area contributed by atoms with Crippen LogP contribution in [0.25, 0.3) is 43.6 Å². The molecule has 0 bridgehead atoms. The second-order valence-electron chi connectivity index (χ2n) is 6.67. The van der Waals surface area contributed by atoms with E-state index < -0.39 is 0 Å². The van der Waals surface area contributed by atoms with Crippen LogP contribution in [0, 0.1) is 0 Å². The maximum absolute atomic E-state index is 5.62. The zero-order valence-electron chi connectivity index (χ0n) is 16.1. The number of hydrogen-bond acceptors (Lipinski definition) is 4. The minimum Gasteiger partial charge on any atom is -0.497 e. The van der Waals surface area contributed by atoms with Crippen molar-refractivity contribution in [1.82, 2.24) is 9.97 Å². The van der Waals surface area contributed by atoms with Crippen LogP contribution in [-0.4, -0.2) is 38.4 Å². The van der Waals surface area contributed by atoms with E-state index in [-0.39, 0.29) is 0 Å². The van der Waals surface area contributed by atoms with Crippen LogP contribution in [0.1, 0.15) is 0 Å². The number of benzene rings is 3. The van der Waals surface area contributed by atoms with Gasteiger partial charge < -0.3 is 28.9 Å². The monoisotopic (exact) mass is 376 g/mol. The first-order chi connectivity index (χ1) is 13.7. The second kappa shape index (κ2) is 5.99. The fourth-order valence-corrected chi connectivity index (χ4v) is 4.02. The Morgan fingerprint density at radius 3 is 1.93 bits per heavy atom. The first-order valence-corrected chi connectivity index (χ1v) is 8.92. The van der Waals surface area contributed by atoms with Gasteiger partial charge in [0, 0.05) is 39.7 Å². The molecule has 0 saturated heterocycles. The lowest BCUT2D eigenvalue weighted by Crippen LogP contribution is -1.89. The van der Waals surface area contributed by atoms with E-state index in [2.05, 4.69) is 22.1 Å². The first-order valence-electron chi connectivity index (χ1n) is 8.92. The molecule has 0 spiro atoms. The standard InChI is InChI=1S/C22H20N2O4/c1-25-11-7-16-20(19(8-11)28-4)13-6-5-12-14-9-17(26-2)18(27-3)10-15(14)23-21(12)22(13)24-16/h5-10,23-24H,1-4H3. The van der Waals surface area contributed by atoms with E-state index in [0.29, 0.717) is 11.5 Å². The molecule has 0 unspecified atom stereocenters. The molecule has 0 fully saturated rings. The van der Waals surface area contributed by atoms with Crippen molar-refractivity contribution in [3.63, 3.8) is 0 Å². The normalized spacial score (nSPS) is 11.6. The van der Waals surface area contributed by atoms with E-state index >= 15 is 0 Å². The van der Waals surface area contributed by atoms with Crippen LogP contribution in [0.15, 0.2) is 36.4 Å². The SMILES string of the molecule is COc1cc(OC)c2c(c1)[nH]c1c2ccc2c3cc(OC)c(OC)cc3[nH]c21. The molecule has 0 aliphatic rings. The summed E-state index contributed by atoms with van der Waals surface area (Å²) in [6.45, 7) is 0. The summed E-state index contributed by atoms with van der Waals surface area (Å²) in [5.41, 5.74) is 4.00. The molecule has 3 aromatic carbocycles. The van der Waals surface area contributed by atoms with Gasteiger partial charge in [0.15, 0.2) is 11.5 Å². The molecule has 2 N–H and O–H groups in total. The minimum atomic E-state index is 0.695. The van der Waals surface area contributed by atoms with Gasteiger partial charge >= 0.3 is 0 Å². The highest BCUT2D eigenvalue weighted by Gasteiger charge is 2.17. The summed E-state index contributed by atoms with van der Waals surface area (Å²) in [4.78, 5) is 7.07. The molecule has 0 saturated carbocycles. The Bertz CT molecular complexity index is 1360.